The summed E-state index contributed by atoms with van der Waals surface area (Å²) < 4.78 is 5.48. The first-order valence-electron chi connectivity index (χ1n) is 7.15. The van der Waals surface area contributed by atoms with E-state index in [1.165, 1.54) is 0 Å². The Bertz CT molecular complexity index is 379. The zero-order valence-electron chi connectivity index (χ0n) is 11.5. The van der Waals surface area contributed by atoms with Gasteiger partial charge in [0.15, 0.2) is 0 Å². The average molecular weight is 265 g/mol. The van der Waals surface area contributed by atoms with Crippen LogP contribution in [0.3, 0.4) is 0 Å². The Labute approximate surface area is 114 Å². The minimum absolute atomic E-state index is 0.0988. The molecule has 0 unspecified atom stereocenters. The summed E-state index contributed by atoms with van der Waals surface area (Å²) in [5, 5.41) is 12.7. The van der Waals surface area contributed by atoms with Crippen LogP contribution < -0.4 is 10.1 Å². The van der Waals surface area contributed by atoms with Crippen LogP contribution in [-0.2, 0) is 0 Å². The Balaban J connectivity index is 1.78. The fraction of sp³-hybridized carbons (Fsp3) is 0.714. The van der Waals surface area contributed by atoms with E-state index in [4.69, 9.17) is 4.74 Å². The predicted molar refractivity (Wildman–Crippen MR) is 74.3 cm³/mol. The van der Waals surface area contributed by atoms with Gasteiger partial charge in [-0.1, -0.05) is 6.92 Å². The monoisotopic (exact) mass is 265 g/mol. The molecule has 1 saturated carbocycles. The second-order valence-corrected chi connectivity index (χ2v) is 5.12. The van der Waals surface area contributed by atoms with Gasteiger partial charge in [-0.05, 0) is 38.0 Å². The van der Waals surface area contributed by atoms with E-state index in [1.807, 2.05) is 0 Å². The lowest BCUT2D eigenvalue weighted by Crippen LogP contribution is -2.24. The standard InChI is InChI=1S/C14H23N3O2/c1-2-9-19-13-7-8-15-14(17-13)16-10-11-3-5-12(18)6-4-11/h7-8,11-12,18H,2-6,9-10H2,1H3,(H,15,16,17). The molecule has 0 bridgehead atoms. The third-order valence-electron chi connectivity index (χ3n) is 3.45. The maximum atomic E-state index is 9.47. The number of hydrogen-bond acceptors (Lipinski definition) is 5. The molecule has 5 heteroatoms. The highest BCUT2D eigenvalue weighted by Crippen LogP contribution is 2.24. The molecule has 19 heavy (non-hydrogen) atoms. The Morgan fingerprint density at radius 2 is 2.16 bits per heavy atom. The number of ether oxygens (including phenoxy) is 1. The second-order valence-electron chi connectivity index (χ2n) is 5.12. The molecule has 0 atom stereocenters. The Hall–Kier alpha value is -1.36. The molecule has 0 aliphatic heterocycles. The summed E-state index contributed by atoms with van der Waals surface area (Å²) in [6.07, 6.45) is 6.54. The third kappa shape index (κ3) is 4.67. The summed E-state index contributed by atoms with van der Waals surface area (Å²) in [6, 6.07) is 1.78. The van der Waals surface area contributed by atoms with Gasteiger partial charge in [0, 0.05) is 18.8 Å². The van der Waals surface area contributed by atoms with Gasteiger partial charge in [-0.3, -0.25) is 0 Å². The van der Waals surface area contributed by atoms with Crippen molar-refractivity contribution >= 4 is 5.95 Å². The van der Waals surface area contributed by atoms with E-state index >= 15 is 0 Å². The van der Waals surface area contributed by atoms with Crippen LogP contribution in [-0.4, -0.2) is 34.3 Å². The summed E-state index contributed by atoms with van der Waals surface area (Å²) in [5.74, 6) is 1.85. The van der Waals surface area contributed by atoms with Crippen molar-refractivity contribution in [3.05, 3.63) is 12.3 Å². The summed E-state index contributed by atoms with van der Waals surface area (Å²) in [4.78, 5) is 8.51. The van der Waals surface area contributed by atoms with E-state index in [0.29, 0.717) is 24.4 Å². The van der Waals surface area contributed by atoms with E-state index in [2.05, 4.69) is 22.2 Å². The van der Waals surface area contributed by atoms with Crippen molar-refractivity contribution in [1.29, 1.82) is 0 Å². The first-order valence-corrected chi connectivity index (χ1v) is 7.15. The number of aromatic nitrogens is 2. The van der Waals surface area contributed by atoms with Gasteiger partial charge in [0.1, 0.15) is 0 Å². The summed E-state index contributed by atoms with van der Waals surface area (Å²) in [5.41, 5.74) is 0. The van der Waals surface area contributed by atoms with Gasteiger partial charge < -0.3 is 15.2 Å². The largest absolute Gasteiger partial charge is 0.478 e. The van der Waals surface area contributed by atoms with E-state index in [1.54, 1.807) is 12.3 Å². The van der Waals surface area contributed by atoms with Gasteiger partial charge in [-0.15, -0.1) is 0 Å². The molecule has 1 aromatic heterocycles. The maximum Gasteiger partial charge on any atom is 0.225 e. The first kappa shape index (κ1) is 14.1. The van der Waals surface area contributed by atoms with Crippen molar-refractivity contribution in [2.75, 3.05) is 18.5 Å². The molecule has 106 valence electrons. The number of aliphatic hydroxyl groups is 1. The topological polar surface area (TPSA) is 67.3 Å². The zero-order valence-corrected chi connectivity index (χ0v) is 11.5. The molecule has 0 spiro atoms. The molecule has 1 aliphatic rings. The van der Waals surface area contributed by atoms with Gasteiger partial charge >= 0.3 is 0 Å². The summed E-state index contributed by atoms with van der Waals surface area (Å²) in [7, 11) is 0. The molecule has 1 fully saturated rings. The van der Waals surface area contributed by atoms with E-state index in [0.717, 1.165) is 38.6 Å². The molecule has 0 saturated heterocycles. The Kier molecular flexibility index (Phi) is 5.39. The average Bonchev–Trinajstić information content (AvgIpc) is 2.45. The fourth-order valence-electron chi connectivity index (χ4n) is 2.30. The zero-order chi connectivity index (χ0) is 13.5. The van der Waals surface area contributed by atoms with Crippen LogP contribution in [0.25, 0.3) is 0 Å². The normalized spacial score (nSPS) is 23.1. The predicted octanol–water partition coefficient (Wildman–Crippen LogP) is 2.23. The third-order valence-corrected chi connectivity index (χ3v) is 3.45. The Morgan fingerprint density at radius 1 is 1.37 bits per heavy atom. The Morgan fingerprint density at radius 3 is 2.89 bits per heavy atom. The molecule has 1 heterocycles. The van der Waals surface area contributed by atoms with E-state index in [9.17, 15) is 5.11 Å². The van der Waals surface area contributed by atoms with Crippen molar-refractivity contribution in [1.82, 2.24) is 9.97 Å². The van der Waals surface area contributed by atoms with Crippen molar-refractivity contribution in [3.8, 4) is 5.88 Å². The maximum absolute atomic E-state index is 9.47. The van der Waals surface area contributed by atoms with Crippen LogP contribution >= 0.6 is 0 Å². The van der Waals surface area contributed by atoms with E-state index < -0.39 is 0 Å². The molecule has 0 radical (unpaired) electrons. The second kappa shape index (κ2) is 7.28. The number of anilines is 1. The molecule has 2 rings (SSSR count). The van der Waals surface area contributed by atoms with Gasteiger partial charge in [-0.2, -0.15) is 4.98 Å². The fourth-order valence-corrected chi connectivity index (χ4v) is 2.30. The van der Waals surface area contributed by atoms with Crippen LogP contribution in [0.15, 0.2) is 12.3 Å². The highest BCUT2D eigenvalue weighted by Gasteiger charge is 2.19. The molecular weight excluding hydrogens is 242 g/mol. The number of rotatable bonds is 6. The molecule has 2 N–H and O–H groups in total. The lowest BCUT2D eigenvalue weighted by atomic mass is 9.87. The molecule has 5 nitrogen and oxygen atoms in total. The van der Waals surface area contributed by atoms with Crippen molar-refractivity contribution in [2.24, 2.45) is 5.92 Å². The minimum Gasteiger partial charge on any atom is -0.478 e. The van der Waals surface area contributed by atoms with Gasteiger partial charge in [0.2, 0.25) is 11.8 Å². The molecule has 0 amide bonds. The smallest absolute Gasteiger partial charge is 0.225 e. The van der Waals surface area contributed by atoms with Crippen molar-refractivity contribution < 1.29 is 9.84 Å². The van der Waals surface area contributed by atoms with Gasteiger partial charge in [0.05, 0.1) is 12.7 Å². The van der Waals surface area contributed by atoms with Gasteiger partial charge in [-0.25, -0.2) is 4.98 Å². The highest BCUT2D eigenvalue weighted by atomic mass is 16.5. The van der Waals surface area contributed by atoms with E-state index in [-0.39, 0.29) is 6.10 Å². The van der Waals surface area contributed by atoms with Crippen LogP contribution in [0.2, 0.25) is 0 Å². The lowest BCUT2D eigenvalue weighted by Gasteiger charge is -2.25. The van der Waals surface area contributed by atoms with Crippen LogP contribution in [0.5, 0.6) is 5.88 Å². The number of nitrogens with zero attached hydrogens (tertiary/aromatic N) is 2. The summed E-state index contributed by atoms with van der Waals surface area (Å²) in [6.45, 7) is 3.61. The molecule has 1 aliphatic carbocycles. The molecule has 1 aromatic rings. The van der Waals surface area contributed by atoms with Gasteiger partial charge in [0.25, 0.3) is 0 Å². The van der Waals surface area contributed by atoms with Crippen LogP contribution in [0, 0.1) is 5.92 Å². The SMILES string of the molecule is CCCOc1ccnc(NCC2CCC(O)CC2)n1. The van der Waals surface area contributed by atoms with Crippen LogP contribution in [0.4, 0.5) is 5.95 Å². The lowest BCUT2D eigenvalue weighted by molar-refractivity contribution is 0.111. The highest BCUT2D eigenvalue weighted by molar-refractivity contribution is 5.27. The van der Waals surface area contributed by atoms with Crippen molar-refractivity contribution in [3.63, 3.8) is 0 Å². The van der Waals surface area contributed by atoms with Crippen molar-refractivity contribution in [2.45, 2.75) is 45.1 Å². The van der Waals surface area contributed by atoms with Crippen LogP contribution in [0.1, 0.15) is 39.0 Å². The quantitative estimate of drug-likeness (QED) is 0.825. The number of aliphatic hydroxyl groups excluding tert-OH is 1. The number of hydrogen-bond donors (Lipinski definition) is 2. The number of nitrogens with one attached hydrogen (secondary N) is 1. The summed E-state index contributed by atoms with van der Waals surface area (Å²) >= 11 is 0. The minimum atomic E-state index is -0.0988. The first-order chi connectivity index (χ1) is 9.28. The molecular formula is C14H23N3O2. The molecule has 0 aromatic carbocycles.